The summed E-state index contributed by atoms with van der Waals surface area (Å²) in [6.45, 7) is -0.835. The standard InChI is InChI=1S/C9H9F2NO4S/c1-12(5-9(13)14)17(15,16)8-4-6(10)2-3-7(8)11/h2-4H,5H2,1H3,(H,13,14). The highest BCUT2D eigenvalue weighted by molar-refractivity contribution is 7.89. The van der Waals surface area contributed by atoms with Gasteiger partial charge in [0.15, 0.2) is 0 Å². The van der Waals surface area contributed by atoms with Gasteiger partial charge in [-0.3, -0.25) is 4.79 Å². The largest absolute Gasteiger partial charge is 0.480 e. The average molecular weight is 265 g/mol. The Balaban J connectivity index is 3.21. The number of benzene rings is 1. The number of halogens is 2. The molecule has 0 aliphatic rings. The minimum absolute atomic E-state index is 0.424. The Hall–Kier alpha value is -1.54. The molecule has 17 heavy (non-hydrogen) atoms. The van der Waals surface area contributed by atoms with E-state index in [4.69, 9.17) is 5.11 Å². The molecule has 0 fully saturated rings. The molecule has 0 saturated carbocycles. The highest BCUT2D eigenvalue weighted by Crippen LogP contribution is 2.19. The SMILES string of the molecule is CN(CC(=O)O)S(=O)(=O)c1cc(F)ccc1F. The van der Waals surface area contributed by atoms with Crippen molar-refractivity contribution in [2.24, 2.45) is 0 Å². The number of sulfonamides is 1. The summed E-state index contributed by atoms with van der Waals surface area (Å²) in [5.41, 5.74) is 0. The van der Waals surface area contributed by atoms with Gasteiger partial charge in [-0.1, -0.05) is 0 Å². The molecule has 0 heterocycles. The molecule has 0 unspecified atom stereocenters. The van der Waals surface area contributed by atoms with Crippen LogP contribution in [-0.4, -0.2) is 37.4 Å². The van der Waals surface area contributed by atoms with Crippen LogP contribution < -0.4 is 0 Å². The summed E-state index contributed by atoms with van der Waals surface area (Å²) in [7, 11) is -3.38. The molecule has 1 aromatic carbocycles. The molecule has 0 saturated heterocycles. The van der Waals surface area contributed by atoms with E-state index in [0.29, 0.717) is 16.4 Å². The van der Waals surface area contributed by atoms with Gasteiger partial charge < -0.3 is 5.11 Å². The van der Waals surface area contributed by atoms with Gasteiger partial charge >= 0.3 is 5.97 Å². The van der Waals surface area contributed by atoms with E-state index >= 15 is 0 Å². The Morgan fingerprint density at radius 2 is 2.00 bits per heavy atom. The van der Waals surface area contributed by atoms with Crippen molar-refractivity contribution in [2.75, 3.05) is 13.6 Å². The summed E-state index contributed by atoms with van der Waals surface area (Å²) in [6.07, 6.45) is 0. The predicted molar refractivity (Wildman–Crippen MR) is 53.8 cm³/mol. The van der Waals surface area contributed by atoms with E-state index in [-0.39, 0.29) is 0 Å². The fraction of sp³-hybridized carbons (Fsp3) is 0.222. The van der Waals surface area contributed by atoms with Crippen molar-refractivity contribution >= 4 is 16.0 Å². The van der Waals surface area contributed by atoms with Crippen molar-refractivity contribution < 1.29 is 27.1 Å². The molecule has 0 bridgehead atoms. The monoisotopic (exact) mass is 265 g/mol. The van der Waals surface area contributed by atoms with Crippen LogP contribution in [0.2, 0.25) is 0 Å². The van der Waals surface area contributed by atoms with Gasteiger partial charge in [0.25, 0.3) is 0 Å². The molecular formula is C9H9F2NO4S. The third kappa shape index (κ3) is 2.98. The molecule has 0 radical (unpaired) electrons. The second kappa shape index (κ2) is 4.76. The molecular weight excluding hydrogens is 256 g/mol. The second-order valence-corrected chi connectivity index (χ2v) is 5.24. The maximum absolute atomic E-state index is 13.2. The molecule has 0 aliphatic heterocycles. The first-order chi connectivity index (χ1) is 7.75. The van der Waals surface area contributed by atoms with Crippen LogP contribution in [0.3, 0.4) is 0 Å². The molecule has 1 N–H and O–H groups in total. The first kappa shape index (κ1) is 13.5. The van der Waals surface area contributed by atoms with E-state index in [1.165, 1.54) is 0 Å². The van der Waals surface area contributed by atoms with Gasteiger partial charge in [0.05, 0.1) is 0 Å². The van der Waals surface area contributed by atoms with Crippen molar-refractivity contribution in [1.29, 1.82) is 0 Å². The Bertz CT molecular complexity index is 544. The van der Waals surface area contributed by atoms with Crippen LogP contribution in [0.4, 0.5) is 8.78 Å². The normalized spacial score (nSPS) is 11.8. The number of nitrogens with zero attached hydrogens (tertiary/aromatic N) is 1. The minimum atomic E-state index is -4.35. The van der Waals surface area contributed by atoms with E-state index in [2.05, 4.69) is 0 Å². The molecule has 1 rings (SSSR count). The molecule has 94 valence electrons. The number of aliphatic carboxylic acids is 1. The number of carbonyl (C=O) groups is 1. The van der Waals surface area contributed by atoms with Gasteiger partial charge in [-0.05, 0) is 18.2 Å². The van der Waals surface area contributed by atoms with E-state index < -0.39 is 39.1 Å². The quantitative estimate of drug-likeness (QED) is 0.868. The summed E-state index contributed by atoms with van der Waals surface area (Å²) in [4.78, 5) is 9.48. The summed E-state index contributed by atoms with van der Waals surface area (Å²) in [6, 6.07) is 1.94. The van der Waals surface area contributed by atoms with E-state index in [9.17, 15) is 22.0 Å². The number of carboxylic acid groups (broad SMARTS) is 1. The first-order valence-electron chi connectivity index (χ1n) is 4.38. The van der Waals surface area contributed by atoms with Crippen LogP contribution in [0.1, 0.15) is 0 Å². The number of hydrogen-bond donors (Lipinski definition) is 1. The van der Waals surface area contributed by atoms with Crippen molar-refractivity contribution in [1.82, 2.24) is 4.31 Å². The lowest BCUT2D eigenvalue weighted by molar-refractivity contribution is -0.137. The zero-order valence-corrected chi connectivity index (χ0v) is 9.54. The van der Waals surface area contributed by atoms with Crippen LogP contribution in [0.25, 0.3) is 0 Å². The molecule has 0 amide bonds. The lowest BCUT2D eigenvalue weighted by Crippen LogP contribution is -2.32. The molecule has 0 spiro atoms. The van der Waals surface area contributed by atoms with Crippen molar-refractivity contribution in [3.05, 3.63) is 29.8 Å². The minimum Gasteiger partial charge on any atom is -0.480 e. The van der Waals surface area contributed by atoms with E-state index in [0.717, 1.165) is 13.1 Å². The summed E-state index contributed by atoms with van der Waals surface area (Å²) < 4.78 is 49.9. The van der Waals surface area contributed by atoms with Crippen LogP contribution in [0.15, 0.2) is 23.1 Å². The fourth-order valence-corrected chi connectivity index (χ4v) is 2.31. The summed E-state index contributed by atoms with van der Waals surface area (Å²) in [5, 5.41) is 8.44. The highest BCUT2D eigenvalue weighted by atomic mass is 32.2. The Labute approximate surface area is 96.3 Å². The fourth-order valence-electron chi connectivity index (χ4n) is 1.12. The third-order valence-electron chi connectivity index (χ3n) is 1.94. The predicted octanol–water partition coefficient (Wildman–Crippen LogP) is 0.670. The van der Waals surface area contributed by atoms with Crippen LogP contribution in [0, 0.1) is 11.6 Å². The van der Waals surface area contributed by atoms with E-state index in [1.807, 2.05) is 0 Å². The van der Waals surface area contributed by atoms with Crippen molar-refractivity contribution in [2.45, 2.75) is 4.90 Å². The summed E-state index contributed by atoms with van der Waals surface area (Å²) >= 11 is 0. The Morgan fingerprint density at radius 1 is 1.41 bits per heavy atom. The number of likely N-dealkylation sites (N-methyl/N-ethyl adjacent to an activating group) is 1. The van der Waals surface area contributed by atoms with Gasteiger partial charge in [-0.15, -0.1) is 0 Å². The van der Waals surface area contributed by atoms with Gasteiger partial charge in [-0.2, -0.15) is 4.31 Å². The van der Waals surface area contributed by atoms with Gasteiger partial charge in [0.1, 0.15) is 23.1 Å². The molecule has 1 aromatic rings. The maximum atomic E-state index is 13.2. The smallest absolute Gasteiger partial charge is 0.318 e. The summed E-state index contributed by atoms with van der Waals surface area (Å²) in [5.74, 6) is -3.45. The number of hydrogen-bond acceptors (Lipinski definition) is 3. The topological polar surface area (TPSA) is 74.7 Å². The van der Waals surface area contributed by atoms with Crippen molar-refractivity contribution in [3.63, 3.8) is 0 Å². The molecule has 5 nitrogen and oxygen atoms in total. The van der Waals surface area contributed by atoms with Gasteiger partial charge in [0.2, 0.25) is 10.0 Å². The van der Waals surface area contributed by atoms with Gasteiger partial charge in [0, 0.05) is 7.05 Å². The zero-order chi connectivity index (χ0) is 13.2. The second-order valence-electron chi connectivity index (χ2n) is 3.23. The van der Waals surface area contributed by atoms with Crippen LogP contribution >= 0.6 is 0 Å². The molecule has 8 heteroatoms. The average Bonchev–Trinajstić information content (AvgIpc) is 2.20. The maximum Gasteiger partial charge on any atom is 0.318 e. The first-order valence-corrected chi connectivity index (χ1v) is 5.82. The third-order valence-corrected chi connectivity index (χ3v) is 3.76. The lowest BCUT2D eigenvalue weighted by Gasteiger charge is -2.15. The highest BCUT2D eigenvalue weighted by Gasteiger charge is 2.26. The Kier molecular flexibility index (Phi) is 3.79. The van der Waals surface area contributed by atoms with Crippen LogP contribution in [-0.2, 0) is 14.8 Å². The van der Waals surface area contributed by atoms with Crippen molar-refractivity contribution in [3.8, 4) is 0 Å². The number of rotatable bonds is 4. The molecule has 0 atom stereocenters. The Morgan fingerprint density at radius 3 is 2.53 bits per heavy atom. The van der Waals surface area contributed by atoms with Gasteiger partial charge in [-0.25, -0.2) is 17.2 Å². The zero-order valence-electron chi connectivity index (χ0n) is 8.72. The van der Waals surface area contributed by atoms with E-state index in [1.54, 1.807) is 0 Å². The number of carboxylic acids is 1. The molecule has 0 aromatic heterocycles. The lowest BCUT2D eigenvalue weighted by atomic mass is 10.3. The molecule has 0 aliphatic carbocycles. The van der Waals surface area contributed by atoms with Crippen LogP contribution in [0.5, 0.6) is 0 Å².